The Morgan fingerprint density at radius 3 is 2.95 bits per heavy atom. The van der Waals surface area contributed by atoms with Crippen molar-refractivity contribution in [3.8, 4) is 0 Å². The van der Waals surface area contributed by atoms with Gasteiger partial charge in [-0.3, -0.25) is 10.1 Å². The molecular weight excluding hydrogens is 308 g/mol. The zero-order valence-electron chi connectivity index (χ0n) is 10.7. The fraction of sp³-hybridized carbons (Fsp3) is 0.0714. The number of hydrogen-bond donors (Lipinski definition) is 2. The lowest BCUT2D eigenvalue weighted by atomic mass is 10.1. The van der Waals surface area contributed by atoms with E-state index in [4.69, 9.17) is 17.0 Å². The summed E-state index contributed by atoms with van der Waals surface area (Å²) in [4.78, 5) is 23.8. The number of fused-ring (bicyclic) bond motifs is 1. The molecular formula is C14H10N2O3S2. The van der Waals surface area contributed by atoms with E-state index in [0.29, 0.717) is 16.1 Å². The van der Waals surface area contributed by atoms with Crippen molar-refractivity contribution in [3.05, 3.63) is 51.7 Å². The fourth-order valence-corrected chi connectivity index (χ4v) is 2.78. The van der Waals surface area contributed by atoms with Crippen LogP contribution in [0, 0.1) is 0 Å². The molecule has 0 saturated carbocycles. The average molecular weight is 318 g/mol. The van der Waals surface area contributed by atoms with Crippen LogP contribution in [0.2, 0.25) is 0 Å². The number of carbonyl (C=O) groups excluding carboxylic acids is 2. The number of cyclic esters (lactones) is 1. The van der Waals surface area contributed by atoms with Crippen molar-refractivity contribution in [1.29, 1.82) is 0 Å². The Kier molecular flexibility index (Phi) is 3.68. The number of benzene rings is 1. The minimum Gasteiger partial charge on any atom is -0.457 e. The van der Waals surface area contributed by atoms with E-state index in [9.17, 15) is 9.59 Å². The first-order valence-corrected chi connectivity index (χ1v) is 7.38. The lowest BCUT2D eigenvalue weighted by molar-refractivity contribution is 0.0535. The number of amides is 1. The van der Waals surface area contributed by atoms with Gasteiger partial charge in [-0.25, -0.2) is 4.79 Å². The number of anilines is 1. The van der Waals surface area contributed by atoms with E-state index in [1.165, 1.54) is 11.3 Å². The quantitative estimate of drug-likeness (QED) is 0.658. The normalized spacial score (nSPS) is 12.5. The van der Waals surface area contributed by atoms with Gasteiger partial charge >= 0.3 is 5.97 Å². The van der Waals surface area contributed by atoms with Crippen molar-refractivity contribution in [2.45, 2.75) is 6.61 Å². The van der Waals surface area contributed by atoms with Crippen LogP contribution in [0.4, 0.5) is 5.69 Å². The highest BCUT2D eigenvalue weighted by Gasteiger charge is 2.21. The molecule has 0 unspecified atom stereocenters. The third-order valence-electron chi connectivity index (χ3n) is 2.91. The molecule has 0 saturated heterocycles. The molecule has 5 nitrogen and oxygen atoms in total. The molecule has 0 spiro atoms. The summed E-state index contributed by atoms with van der Waals surface area (Å²) in [6.07, 6.45) is 0. The molecule has 2 heterocycles. The molecule has 0 radical (unpaired) electrons. The van der Waals surface area contributed by atoms with E-state index in [1.54, 1.807) is 30.3 Å². The molecule has 3 rings (SSSR count). The summed E-state index contributed by atoms with van der Waals surface area (Å²) < 4.78 is 4.93. The zero-order valence-corrected chi connectivity index (χ0v) is 12.3. The Balaban J connectivity index is 1.65. The topological polar surface area (TPSA) is 67.4 Å². The predicted octanol–water partition coefficient (Wildman–Crippen LogP) is 2.55. The van der Waals surface area contributed by atoms with E-state index in [2.05, 4.69) is 10.6 Å². The number of nitrogens with one attached hydrogen (secondary N) is 2. The van der Waals surface area contributed by atoms with Crippen molar-refractivity contribution >= 4 is 46.2 Å². The van der Waals surface area contributed by atoms with Crippen LogP contribution in [0.25, 0.3) is 0 Å². The molecule has 0 atom stereocenters. The third kappa shape index (κ3) is 2.93. The second-order valence-corrected chi connectivity index (χ2v) is 5.69. The number of rotatable bonds is 2. The van der Waals surface area contributed by atoms with Crippen LogP contribution in [0.5, 0.6) is 0 Å². The minimum absolute atomic E-state index is 0.207. The summed E-state index contributed by atoms with van der Waals surface area (Å²) in [7, 11) is 0. The van der Waals surface area contributed by atoms with Crippen LogP contribution < -0.4 is 10.6 Å². The van der Waals surface area contributed by atoms with E-state index < -0.39 is 0 Å². The summed E-state index contributed by atoms with van der Waals surface area (Å²) in [5.41, 5.74) is 2.06. The maximum absolute atomic E-state index is 11.8. The van der Waals surface area contributed by atoms with Crippen molar-refractivity contribution in [2.24, 2.45) is 0 Å². The molecule has 106 valence electrons. The SMILES string of the molecule is O=C(NC(=S)Nc1ccc2c(c1)COC2=O)c1cccs1. The Morgan fingerprint density at radius 1 is 1.33 bits per heavy atom. The van der Waals surface area contributed by atoms with Crippen LogP contribution in [0.3, 0.4) is 0 Å². The van der Waals surface area contributed by atoms with Gasteiger partial charge in [0.15, 0.2) is 5.11 Å². The summed E-state index contributed by atoms with van der Waals surface area (Å²) in [5.74, 6) is -0.563. The summed E-state index contributed by atoms with van der Waals surface area (Å²) in [6, 6.07) is 8.70. The first-order chi connectivity index (χ1) is 10.1. The third-order valence-corrected chi connectivity index (χ3v) is 3.99. The van der Waals surface area contributed by atoms with Crippen LogP contribution in [-0.2, 0) is 11.3 Å². The number of thiocarbonyl (C=S) groups is 1. The monoisotopic (exact) mass is 318 g/mol. The van der Waals surface area contributed by atoms with E-state index in [0.717, 1.165) is 5.56 Å². The average Bonchev–Trinajstić information content (AvgIpc) is 3.09. The van der Waals surface area contributed by atoms with Crippen molar-refractivity contribution in [2.75, 3.05) is 5.32 Å². The summed E-state index contributed by atoms with van der Waals surface area (Å²) in [6.45, 7) is 0.262. The Bertz CT molecular complexity index is 726. The van der Waals surface area contributed by atoms with Crippen molar-refractivity contribution in [1.82, 2.24) is 5.32 Å². The largest absolute Gasteiger partial charge is 0.457 e. The number of ether oxygens (including phenoxy) is 1. The van der Waals surface area contributed by atoms with Crippen LogP contribution in [-0.4, -0.2) is 17.0 Å². The van der Waals surface area contributed by atoms with E-state index in [1.807, 2.05) is 5.38 Å². The van der Waals surface area contributed by atoms with Gasteiger partial charge in [0.25, 0.3) is 5.91 Å². The molecule has 1 aliphatic rings. The molecule has 1 aliphatic heterocycles. The highest BCUT2D eigenvalue weighted by atomic mass is 32.1. The van der Waals surface area contributed by atoms with Gasteiger partial charge in [0.05, 0.1) is 10.4 Å². The van der Waals surface area contributed by atoms with Gasteiger partial charge in [0.2, 0.25) is 0 Å². The Morgan fingerprint density at radius 2 is 2.19 bits per heavy atom. The minimum atomic E-state index is -0.315. The highest BCUT2D eigenvalue weighted by Crippen LogP contribution is 2.23. The Hall–Kier alpha value is -2.25. The molecule has 1 amide bonds. The standard InChI is InChI=1S/C14H10N2O3S2/c17-12(11-2-1-5-21-11)16-14(20)15-9-3-4-10-8(6-9)7-19-13(10)18/h1-6H,7H2,(H2,15,16,17,20). The Labute approximate surface area is 129 Å². The number of hydrogen-bond acceptors (Lipinski definition) is 5. The molecule has 2 N–H and O–H groups in total. The zero-order chi connectivity index (χ0) is 14.8. The first-order valence-electron chi connectivity index (χ1n) is 6.09. The van der Waals surface area contributed by atoms with Gasteiger partial charge in [0, 0.05) is 11.3 Å². The molecule has 0 aliphatic carbocycles. The lowest BCUT2D eigenvalue weighted by Gasteiger charge is -2.09. The second kappa shape index (κ2) is 5.63. The molecule has 7 heteroatoms. The molecule has 2 aromatic rings. The van der Waals surface area contributed by atoms with Crippen LogP contribution >= 0.6 is 23.6 Å². The number of esters is 1. The molecule has 21 heavy (non-hydrogen) atoms. The lowest BCUT2D eigenvalue weighted by Crippen LogP contribution is -2.33. The molecule has 0 fully saturated rings. The number of carbonyl (C=O) groups is 2. The van der Waals surface area contributed by atoms with Gasteiger partial charge in [-0.15, -0.1) is 11.3 Å². The summed E-state index contributed by atoms with van der Waals surface area (Å²) in [5, 5.41) is 7.55. The van der Waals surface area contributed by atoms with Gasteiger partial charge in [-0.1, -0.05) is 6.07 Å². The van der Waals surface area contributed by atoms with E-state index >= 15 is 0 Å². The molecule has 1 aromatic heterocycles. The van der Waals surface area contributed by atoms with Crippen molar-refractivity contribution < 1.29 is 14.3 Å². The van der Waals surface area contributed by atoms with E-state index in [-0.39, 0.29) is 23.6 Å². The van der Waals surface area contributed by atoms with Gasteiger partial charge in [-0.2, -0.15) is 0 Å². The maximum Gasteiger partial charge on any atom is 0.338 e. The summed E-state index contributed by atoms with van der Waals surface area (Å²) >= 11 is 6.44. The smallest absolute Gasteiger partial charge is 0.338 e. The second-order valence-electron chi connectivity index (χ2n) is 4.33. The van der Waals surface area contributed by atoms with Crippen LogP contribution in [0.1, 0.15) is 25.6 Å². The molecule has 0 bridgehead atoms. The van der Waals surface area contributed by atoms with Gasteiger partial charge in [0.1, 0.15) is 6.61 Å². The van der Waals surface area contributed by atoms with Crippen LogP contribution in [0.15, 0.2) is 35.7 Å². The highest BCUT2D eigenvalue weighted by molar-refractivity contribution is 7.80. The predicted molar refractivity (Wildman–Crippen MR) is 83.6 cm³/mol. The first kappa shape index (κ1) is 13.7. The van der Waals surface area contributed by atoms with Gasteiger partial charge < -0.3 is 10.1 Å². The number of thiophene rings is 1. The van der Waals surface area contributed by atoms with Gasteiger partial charge in [-0.05, 0) is 41.9 Å². The molecule has 1 aromatic carbocycles. The fourth-order valence-electron chi connectivity index (χ4n) is 1.95. The maximum atomic E-state index is 11.8. The van der Waals surface area contributed by atoms with Crippen molar-refractivity contribution in [3.63, 3.8) is 0 Å².